The molecular formula is C16H20ClNO3. The molecule has 1 aromatic carbocycles. The maximum absolute atomic E-state index is 12.9. The van der Waals surface area contributed by atoms with Crippen LogP contribution in [0.5, 0.6) is 0 Å². The summed E-state index contributed by atoms with van der Waals surface area (Å²) >= 11 is 6.08. The third kappa shape index (κ3) is 3.38. The van der Waals surface area contributed by atoms with Crippen molar-refractivity contribution in [2.45, 2.75) is 37.5 Å². The van der Waals surface area contributed by atoms with Gasteiger partial charge in [0.25, 0.3) is 0 Å². The Labute approximate surface area is 129 Å². The van der Waals surface area contributed by atoms with Crippen LogP contribution in [0.3, 0.4) is 0 Å². The van der Waals surface area contributed by atoms with Crippen LogP contribution in [-0.4, -0.2) is 35.5 Å². The molecule has 0 atom stereocenters. The topological polar surface area (TPSA) is 57.6 Å². The smallest absolute Gasteiger partial charge is 0.323 e. The van der Waals surface area contributed by atoms with Gasteiger partial charge in [0.15, 0.2) is 0 Å². The van der Waals surface area contributed by atoms with Gasteiger partial charge in [0.2, 0.25) is 5.91 Å². The van der Waals surface area contributed by atoms with Crippen molar-refractivity contribution >= 4 is 23.5 Å². The first-order valence-corrected chi connectivity index (χ1v) is 7.57. The molecule has 5 heteroatoms. The molecule has 114 valence electrons. The Balaban J connectivity index is 2.37. The first-order chi connectivity index (χ1) is 9.95. The van der Waals surface area contributed by atoms with E-state index in [1.54, 1.807) is 13.1 Å². The number of halogens is 1. The summed E-state index contributed by atoms with van der Waals surface area (Å²) in [4.78, 5) is 25.1. The lowest BCUT2D eigenvalue weighted by molar-refractivity contribution is -0.146. The highest BCUT2D eigenvalue weighted by molar-refractivity contribution is 6.30. The molecule has 0 heterocycles. The normalized spacial score (nSPS) is 17.2. The maximum Gasteiger partial charge on any atom is 0.323 e. The number of benzene rings is 1. The largest absolute Gasteiger partial charge is 0.480 e. The molecule has 1 saturated carbocycles. The number of rotatable bonds is 4. The summed E-state index contributed by atoms with van der Waals surface area (Å²) in [6, 6.07) is 7.38. The maximum atomic E-state index is 12.9. The minimum absolute atomic E-state index is 0.119. The summed E-state index contributed by atoms with van der Waals surface area (Å²) in [5.41, 5.74) is 0.268. The zero-order chi connectivity index (χ0) is 15.5. The molecule has 0 radical (unpaired) electrons. The van der Waals surface area contributed by atoms with Crippen LogP contribution in [0.4, 0.5) is 0 Å². The second-order valence-corrected chi connectivity index (χ2v) is 6.14. The zero-order valence-corrected chi connectivity index (χ0v) is 12.9. The predicted octanol–water partition coefficient (Wildman–Crippen LogP) is 3.08. The van der Waals surface area contributed by atoms with Crippen LogP contribution < -0.4 is 0 Å². The molecule has 1 amide bonds. The van der Waals surface area contributed by atoms with Crippen molar-refractivity contribution in [2.75, 3.05) is 13.6 Å². The van der Waals surface area contributed by atoms with Gasteiger partial charge in [0.05, 0.1) is 5.41 Å². The van der Waals surface area contributed by atoms with E-state index < -0.39 is 11.4 Å². The molecule has 0 spiro atoms. The number of nitrogens with zero attached hydrogens (tertiary/aromatic N) is 1. The molecule has 4 nitrogen and oxygen atoms in total. The standard InChI is InChI=1S/C16H20ClNO3/c1-18(11-14(19)20)15(21)16(8-3-2-4-9-16)12-6-5-7-13(17)10-12/h5-7,10H,2-4,8-9,11H2,1H3,(H,19,20). The van der Waals surface area contributed by atoms with Crippen molar-refractivity contribution in [2.24, 2.45) is 0 Å². The molecule has 0 bridgehead atoms. The number of aliphatic carboxylic acids is 1. The molecule has 0 aromatic heterocycles. The van der Waals surface area contributed by atoms with E-state index >= 15 is 0 Å². The lowest BCUT2D eigenvalue weighted by Gasteiger charge is -2.39. The molecule has 0 aliphatic heterocycles. The summed E-state index contributed by atoms with van der Waals surface area (Å²) in [5.74, 6) is -1.12. The first-order valence-electron chi connectivity index (χ1n) is 7.19. The number of carbonyl (C=O) groups excluding carboxylic acids is 1. The highest BCUT2D eigenvalue weighted by Crippen LogP contribution is 2.41. The second-order valence-electron chi connectivity index (χ2n) is 5.71. The van der Waals surface area contributed by atoms with Crippen LogP contribution in [0.15, 0.2) is 24.3 Å². The minimum Gasteiger partial charge on any atom is -0.480 e. The van der Waals surface area contributed by atoms with Crippen LogP contribution in [0.2, 0.25) is 5.02 Å². The van der Waals surface area contributed by atoms with E-state index in [1.165, 1.54) is 4.90 Å². The fourth-order valence-electron chi connectivity index (χ4n) is 3.21. The number of carboxylic acid groups (broad SMARTS) is 1. The molecule has 1 N–H and O–H groups in total. The molecule has 0 saturated heterocycles. The second kappa shape index (κ2) is 6.48. The Kier molecular flexibility index (Phi) is 4.88. The van der Waals surface area contributed by atoms with Gasteiger partial charge in [-0.05, 0) is 30.5 Å². The van der Waals surface area contributed by atoms with E-state index in [4.69, 9.17) is 16.7 Å². The summed E-state index contributed by atoms with van der Waals surface area (Å²) in [7, 11) is 1.55. The Morgan fingerprint density at radius 3 is 2.52 bits per heavy atom. The van der Waals surface area contributed by atoms with E-state index in [1.807, 2.05) is 18.2 Å². The molecule has 0 unspecified atom stereocenters. The summed E-state index contributed by atoms with van der Waals surface area (Å²) < 4.78 is 0. The average Bonchev–Trinajstić information content (AvgIpc) is 2.46. The highest BCUT2D eigenvalue weighted by Gasteiger charge is 2.43. The van der Waals surface area contributed by atoms with Crippen molar-refractivity contribution in [3.63, 3.8) is 0 Å². The van der Waals surface area contributed by atoms with E-state index in [2.05, 4.69) is 0 Å². The first kappa shape index (κ1) is 15.8. The van der Waals surface area contributed by atoms with E-state index in [0.29, 0.717) is 5.02 Å². The third-order valence-corrected chi connectivity index (χ3v) is 4.45. The lowest BCUT2D eigenvalue weighted by atomic mass is 9.68. The molecule has 21 heavy (non-hydrogen) atoms. The fraction of sp³-hybridized carbons (Fsp3) is 0.500. The van der Waals surface area contributed by atoms with Crippen molar-refractivity contribution < 1.29 is 14.7 Å². The number of carboxylic acids is 1. The molecule has 1 aliphatic rings. The van der Waals surface area contributed by atoms with Gasteiger partial charge in [0.1, 0.15) is 6.54 Å². The van der Waals surface area contributed by atoms with Crippen molar-refractivity contribution in [3.8, 4) is 0 Å². The van der Waals surface area contributed by atoms with E-state index in [0.717, 1.165) is 37.7 Å². The minimum atomic E-state index is -0.997. The van der Waals surface area contributed by atoms with Crippen LogP contribution in [-0.2, 0) is 15.0 Å². The van der Waals surface area contributed by atoms with Gasteiger partial charge in [-0.25, -0.2) is 0 Å². The van der Waals surface area contributed by atoms with Gasteiger partial charge in [-0.15, -0.1) is 0 Å². The van der Waals surface area contributed by atoms with Crippen LogP contribution in [0.1, 0.15) is 37.7 Å². The number of likely N-dealkylation sites (N-methyl/N-ethyl adjacent to an activating group) is 1. The molecule has 2 rings (SSSR count). The molecular weight excluding hydrogens is 290 g/mol. The zero-order valence-electron chi connectivity index (χ0n) is 12.1. The highest BCUT2D eigenvalue weighted by atomic mass is 35.5. The van der Waals surface area contributed by atoms with Gasteiger partial charge in [-0.3, -0.25) is 9.59 Å². The molecule has 1 aliphatic carbocycles. The van der Waals surface area contributed by atoms with Gasteiger partial charge in [-0.2, -0.15) is 0 Å². The number of carbonyl (C=O) groups is 2. The Bertz CT molecular complexity index is 538. The van der Waals surface area contributed by atoms with E-state index in [9.17, 15) is 9.59 Å². The quantitative estimate of drug-likeness (QED) is 0.930. The predicted molar refractivity (Wildman–Crippen MR) is 81.5 cm³/mol. The monoisotopic (exact) mass is 309 g/mol. The van der Waals surface area contributed by atoms with Crippen molar-refractivity contribution in [1.29, 1.82) is 0 Å². The van der Waals surface area contributed by atoms with Gasteiger partial charge < -0.3 is 10.0 Å². The van der Waals surface area contributed by atoms with Crippen molar-refractivity contribution in [3.05, 3.63) is 34.9 Å². The molecule has 1 aromatic rings. The SMILES string of the molecule is CN(CC(=O)O)C(=O)C1(c2cccc(Cl)c2)CCCCC1. The number of amides is 1. The number of hydrogen-bond donors (Lipinski definition) is 1. The van der Waals surface area contributed by atoms with Crippen LogP contribution >= 0.6 is 11.6 Å². The van der Waals surface area contributed by atoms with Gasteiger partial charge >= 0.3 is 5.97 Å². The number of hydrogen-bond acceptors (Lipinski definition) is 2. The van der Waals surface area contributed by atoms with Crippen LogP contribution in [0, 0.1) is 0 Å². The lowest BCUT2D eigenvalue weighted by Crippen LogP contribution is -2.48. The third-order valence-electron chi connectivity index (χ3n) is 4.21. The Morgan fingerprint density at radius 2 is 1.95 bits per heavy atom. The van der Waals surface area contributed by atoms with Gasteiger partial charge in [0, 0.05) is 12.1 Å². The van der Waals surface area contributed by atoms with Crippen LogP contribution in [0.25, 0.3) is 0 Å². The summed E-state index contributed by atoms with van der Waals surface area (Å²) in [5, 5.41) is 9.52. The Morgan fingerprint density at radius 1 is 1.29 bits per heavy atom. The Hall–Kier alpha value is -1.55. The van der Waals surface area contributed by atoms with Crippen molar-refractivity contribution in [1.82, 2.24) is 4.90 Å². The average molecular weight is 310 g/mol. The summed E-state index contributed by atoms with van der Waals surface area (Å²) in [6.07, 6.45) is 4.54. The summed E-state index contributed by atoms with van der Waals surface area (Å²) in [6.45, 7) is -0.277. The van der Waals surface area contributed by atoms with Gasteiger partial charge in [-0.1, -0.05) is 43.0 Å². The molecule has 1 fully saturated rings. The fourth-order valence-corrected chi connectivity index (χ4v) is 3.40. The van der Waals surface area contributed by atoms with E-state index in [-0.39, 0.29) is 12.5 Å².